The average Bonchev–Trinajstić information content (AvgIpc) is 2.94. The quantitative estimate of drug-likeness (QED) is 0.925. The Morgan fingerprint density at radius 2 is 2.24 bits per heavy atom. The van der Waals surface area contributed by atoms with Gasteiger partial charge >= 0.3 is 0 Å². The lowest BCUT2D eigenvalue weighted by molar-refractivity contribution is -0.102. The molecule has 0 bridgehead atoms. The van der Waals surface area contributed by atoms with Gasteiger partial charge in [0.2, 0.25) is 0 Å². The molecule has 1 aromatic rings. The monoisotopic (exact) mass is 293 g/mol. The summed E-state index contributed by atoms with van der Waals surface area (Å²) in [6, 6.07) is 7.35. The maximum Gasteiger partial charge on any atom is 0.126 e. The average molecular weight is 293 g/mol. The molecule has 0 aromatic heterocycles. The summed E-state index contributed by atoms with van der Waals surface area (Å²) in [6.07, 6.45) is 3.75. The molecule has 1 N–H and O–H groups in total. The molecule has 2 saturated heterocycles. The Hall–Kier alpha value is -0.970. The Bertz CT molecular complexity index is 474. The fourth-order valence-corrected chi connectivity index (χ4v) is 3.68. The molecule has 2 aliphatic heterocycles. The first-order chi connectivity index (χ1) is 10.2. The summed E-state index contributed by atoms with van der Waals surface area (Å²) in [5.41, 5.74) is 0.702. The zero-order valence-corrected chi connectivity index (χ0v) is 12.6. The number of rotatable bonds is 4. The normalized spacial score (nSPS) is 30.7. The van der Waals surface area contributed by atoms with E-state index in [-0.39, 0.29) is 17.5 Å². The molecular weight excluding hydrogens is 269 g/mol. The first kappa shape index (κ1) is 14.9. The van der Waals surface area contributed by atoms with Crippen molar-refractivity contribution >= 4 is 0 Å². The molecular formula is C17H24FNO2. The van der Waals surface area contributed by atoms with Crippen LogP contribution in [0.25, 0.3) is 0 Å². The van der Waals surface area contributed by atoms with Crippen LogP contribution in [-0.2, 0) is 15.9 Å². The van der Waals surface area contributed by atoms with Crippen molar-refractivity contribution in [2.24, 2.45) is 5.92 Å². The van der Waals surface area contributed by atoms with Gasteiger partial charge in [-0.1, -0.05) is 18.2 Å². The van der Waals surface area contributed by atoms with E-state index in [4.69, 9.17) is 9.47 Å². The number of ether oxygens (including phenoxy) is 2. The smallest absolute Gasteiger partial charge is 0.126 e. The third-order valence-electron chi connectivity index (χ3n) is 4.94. The highest BCUT2D eigenvalue weighted by Gasteiger charge is 2.42. The van der Waals surface area contributed by atoms with Crippen molar-refractivity contribution in [2.45, 2.75) is 37.3 Å². The SMILES string of the molecule is CNC(Cc1ccccc1F)C1CCOC2(CCOC2)C1. The first-order valence-electron chi connectivity index (χ1n) is 7.85. The summed E-state index contributed by atoms with van der Waals surface area (Å²) in [5, 5.41) is 3.39. The van der Waals surface area contributed by atoms with Crippen LogP contribution in [0.1, 0.15) is 24.8 Å². The highest BCUT2D eigenvalue weighted by Crippen LogP contribution is 2.37. The van der Waals surface area contributed by atoms with Crippen LogP contribution in [0.5, 0.6) is 0 Å². The Balaban J connectivity index is 1.69. The lowest BCUT2D eigenvalue weighted by Gasteiger charge is -2.40. The minimum absolute atomic E-state index is 0.0900. The van der Waals surface area contributed by atoms with Crippen LogP contribution < -0.4 is 5.32 Å². The van der Waals surface area contributed by atoms with E-state index in [0.29, 0.717) is 12.5 Å². The van der Waals surface area contributed by atoms with Gasteiger partial charge in [-0.2, -0.15) is 0 Å². The maximum absolute atomic E-state index is 13.9. The van der Waals surface area contributed by atoms with Gasteiger partial charge in [0.15, 0.2) is 0 Å². The minimum Gasteiger partial charge on any atom is -0.378 e. The van der Waals surface area contributed by atoms with Gasteiger partial charge < -0.3 is 14.8 Å². The fraction of sp³-hybridized carbons (Fsp3) is 0.647. The maximum atomic E-state index is 13.9. The Kier molecular flexibility index (Phi) is 4.57. The topological polar surface area (TPSA) is 30.5 Å². The van der Waals surface area contributed by atoms with Gasteiger partial charge in [0, 0.05) is 25.7 Å². The Morgan fingerprint density at radius 3 is 2.95 bits per heavy atom. The molecule has 3 atom stereocenters. The molecule has 3 rings (SSSR count). The van der Waals surface area contributed by atoms with Gasteiger partial charge in [-0.3, -0.25) is 0 Å². The Morgan fingerprint density at radius 1 is 1.38 bits per heavy atom. The van der Waals surface area contributed by atoms with Crippen molar-refractivity contribution in [2.75, 3.05) is 26.9 Å². The predicted molar refractivity (Wildman–Crippen MR) is 79.8 cm³/mol. The number of nitrogens with one attached hydrogen (secondary N) is 1. The first-order valence-corrected chi connectivity index (χ1v) is 7.85. The van der Waals surface area contributed by atoms with E-state index in [0.717, 1.165) is 44.5 Å². The Labute approximate surface area is 125 Å². The number of benzene rings is 1. The molecule has 2 aliphatic rings. The van der Waals surface area contributed by atoms with E-state index in [1.807, 2.05) is 19.2 Å². The molecule has 2 heterocycles. The third kappa shape index (κ3) is 3.28. The molecule has 3 unspecified atom stereocenters. The number of likely N-dealkylation sites (N-methyl/N-ethyl adjacent to an activating group) is 1. The van der Waals surface area contributed by atoms with Crippen LogP contribution in [0.2, 0.25) is 0 Å². The summed E-state index contributed by atoms with van der Waals surface area (Å²) in [4.78, 5) is 0. The second-order valence-corrected chi connectivity index (χ2v) is 6.28. The lowest BCUT2D eigenvalue weighted by Crippen LogP contribution is -2.47. The third-order valence-corrected chi connectivity index (χ3v) is 4.94. The molecule has 0 radical (unpaired) electrons. The molecule has 0 amide bonds. The second-order valence-electron chi connectivity index (χ2n) is 6.28. The highest BCUT2D eigenvalue weighted by molar-refractivity contribution is 5.18. The minimum atomic E-state index is -0.108. The highest BCUT2D eigenvalue weighted by atomic mass is 19.1. The van der Waals surface area contributed by atoms with Crippen LogP contribution >= 0.6 is 0 Å². The van der Waals surface area contributed by atoms with Crippen molar-refractivity contribution in [1.82, 2.24) is 5.32 Å². The fourth-order valence-electron chi connectivity index (χ4n) is 3.68. The molecule has 2 fully saturated rings. The molecule has 1 spiro atoms. The van der Waals surface area contributed by atoms with Gasteiger partial charge in [-0.05, 0) is 43.9 Å². The molecule has 21 heavy (non-hydrogen) atoms. The molecule has 0 aliphatic carbocycles. The second kappa shape index (κ2) is 6.42. The van der Waals surface area contributed by atoms with Crippen molar-refractivity contribution in [3.63, 3.8) is 0 Å². The van der Waals surface area contributed by atoms with Crippen LogP contribution in [0.3, 0.4) is 0 Å². The van der Waals surface area contributed by atoms with Crippen molar-refractivity contribution in [3.05, 3.63) is 35.6 Å². The van der Waals surface area contributed by atoms with E-state index >= 15 is 0 Å². The van der Waals surface area contributed by atoms with Crippen molar-refractivity contribution < 1.29 is 13.9 Å². The van der Waals surface area contributed by atoms with Gasteiger partial charge in [0.1, 0.15) is 5.82 Å². The summed E-state index contributed by atoms with van der Waals surface area (Å²) in [6.45, 7) is 2.29. The van der Waals surface area contributed by atoms with Gasteiger partial charge in [-0.15, -0.1) is 0 Å². The number of halogens is 1. The lowest BCUT2D eigenvalue weighted by atomic mass is 9.79. The van der Waals surface area contributed by atoms with Gasteiger partial charge in [0.05, 0.1) is 12.2 Å². The van der Waals surface area contributed by atoms with Crippen LogP contribution in [0.15, 0.2) is 24.3 Å². The zero-order valence-electron chi connectivity index (χ0n) is 12.6. The predicted octanol–water partition coefficient (Wildman–Crippen LogP) is 2.54. The van der Waals surface area contributed by atoms with E-state index < -0.39 is 0 Å². The summed E-state index contributed by atoms with van der Waals surface area (Å²) in [7, 11) is 1.97. The van der Waals surface area contributed by atoms with Crippen LogP contribution in [-0.4, -0.2) is 38.5 Å². The van der Waals surface area contributed by atoms with Crippen molar-refractivity contribution in [1.29, 1.82) is 0 Å². The van der Waals surface area contributed by atoms with Crippen molar-refractivity contribution in [3.8, 4) is 0 Å². The van der Waals surface area contributed by atoms with E-state index in [9.17, 15) is 4.39 Å². The van der Waals surface area contributed by atoms with E-state index in [1.165, 1.54) is 0 Å². The summed E-state index contributed by atoms with van der Waals surface area (Å²) >= 11 is 0. The largest absolute Gasteiger partial charge is 0.378 e. The van der Waals surface area contributed by atoms with Gasteiger partial charge in [0.25, 0.3) is 0 Å². The molecule has 0 saturated carbocycles. The molecule has 116 valence electrons. The molecule has 1 aromatic carbocycles. The summed E-state index contributed by atoms with van der Waals surface area (Å²) in [5.74, 6) is 0.397. The van der Waals surface area contributed by atoms with E-state index in [2.05, 4.69) is 5.32 Å². The van der Waals surface area contributed by atoms with Gasteiger partial charge in [-0.25, -0.2) is 4.39 Å². The molecule has 3 nitrogen and oxygen atoms in total. The standard InChI is InChI=1S/C17H24FNO2/c1-19-16(10-13-4-2-3-5-15(13)18)14-6-8-21-17(11-14)7-9-20-12-17/h2-5,14,16,19H,6-12H2,1H3. The number of hydrogen-bond acceptors (Lipinski definition) is 3. The molecule has 4 heteroatoms. The number of hydrogen-bond donors (Lipinski definition) is 1. The van der Waals surface area contributed by atoms with Crippen LogP contribution in [0.4, 0.5) is 4.39 Å². The zero-order chi connectivity index (χ0) is 14.7. The van der Waals surface area contributed by atoms with Crippen LogP contribution in [0, 0.1) is 11.7 Å². The van der Waals surface area contributed by atoms with E-state index in [1.54, 1.807) is 12.1 Å². The summed E-state index contributed by atoms with van der Waals surface area (Å²) < 4.78 is 25.4.